The maximum absolute atomic E-state index is 12.5. The molecule has 2 saturated carbocycles. The fourth-order valence-corrected chi connectivity index (χ4v) is 4.40. The molecule has 4 unspecified atom stereocenters. The number of hydrogen-bond acceptors (Lipinski definition) is 3. The molecule has 2 fully saturated rings. The van der Waals surface area contributed by atoms with Crippen molar-refractivity contribution in [2.75, 3.05) is 0 Å². The van der Waals surface area contributed by atoms with Crippen molar-refractivity contribution < 1.29 is 9.21 Å². The number of para-hydroxylation sites is 1. The van der Waals surface area contributed by atoms with Crippen LogP contribution in [0.3, 0.4) is 0 Å². The first-order valence-corrected chi connectivity index (χ1v) is 8.15. The summed E-state index contributed by atoms with van der Waals surface area (Å²) in [6.45, 7) is 2.48. The third-order valence-corrected chi connectivity index (χ3v) is 5.65. The molecule has 2 bridgehead atoms. The van der Waals surface area contributed by atoms with Crippen molar-refractivity contribution in [2.45, 2.75) is 38.8 Å². The van der Waals surface area contributed by atoms with Gasteiger partial charge in [0.2, 0.25) is 5.91 Å². The van der Waals surface area contributed by atoms with Crippen LogP contribution in [-0.2, 0) is 11.3 Å². The molecule has 23 heavy (non-hydrogen) atoms. The maximum atomic E-state index is 12.5. The number of benzene rings is 1. The monoisotopic (exact) mass is 334 g/mol. The fourth-order valence-electron chi connectivity index (χ4n) is 4.40. The van der Waals surface area contributed by atoms with E-state index >= 15 is 0 Å². The lowest BCUT2D eigenvalue weighted by Crippen LogP contribution is -2.45. The topological polar surface area (TPSA) is 68.3 Å². The minimum atomic E-state index is -0.0107. The summed E-state index contributed by atoms with van der Waals surface area (Å²) in [5.41, 5.74) is 8.22. The zero-order valence-electron chi connectivity index (χ0n) is 13.2. The molecule has 0 saturated heterocycles. The normalized spacial score (nSPS) is 28.8. The maximum Gasteiger partial charge on any atom is 0.225 e. The standard InChI is InChI=1S/C18H22N2O2.ClH/c1-10-13-4-2-3-5-14(13)22-15(10)9-20-18(21)16-11-6-7-12(8-11)17(16)19;/h2-5,11-12,16-17H,6-9,19H2,1H3,(H,20,21);1H. The Balaban J connectivity index is 0.00000156. The summed E-state index contributed by atoms with van der Waals surface area (Å²) in [6, 6.07) is 8.00. The average molecular weight is 335 g/mol. The lowest BCUT2D eigenvalue weighted by molar-refractivity contribution is -0.127. The van der Waals surface area contributed by atoms with E-state index in [9.17, 15) is 4.79 Å². The highest BCUT2D eigenvalue weighted by atomic mass is 35.5. The van der Waals surface area contributed by atoms with Gasteiger partial charge >= 0.3 is 0 Å². The second-order valence-corrected chi connectivity index (χ2v) is 6.80. The summed E-state index contributed by atoms with van der Waals surface area (Å²) in [4.78, 5) is 12.5. The molecule has 4 rings (SSSR count). The number of carbonyl (C=O) groups excluding carboxylic acids is 1. The SMILES string of the molecule is Cc1c(CNC(=O)C2C3CCC(C3)C2N)oc2ccccc12.Cl. The van der Waals surface area contributed by atoms with Gasteiger partial charge in [0.25, 0.3) is 0 Å². The number of hydrogen-bond donors (Lipinski definition) is 2. The Morgan fingerprint density at radius 2 is 2.04 bits per heavy atom. The minimum Gasteiger partial charge on any atom is -0.459 e. The van der Waals surface area contributed by atoms with Gasteiger partial charge in [-0.2, -0.15) is 0 Å². The molecule has 124 valence electrons. The van der Waals surface area contributed by atoms with E-state index in [4.69, 9.17) is 10.2 Å². The minimum absolute atomic E-state index is 0. The molecular formula is C18H23ClN2O2. The van der Waals surface area contributed by atoms with Crippen LogP contribution in [0.2, 0.25) is 0 Å². The Hall–Kier alpha value is -1.52. The molecule has 2 aliphatic rings. The molecule has 2 aromatic rings. The Labute approximate surface area is 142 Å². The van der Waals surface area contributed by atoms with Gasteiger partial charge in [-0.1, -0.05) is 18.2 Å². The molecule has 0 radical (unpaired) electrons. The van der Waals surface area contributed by atoms with Gasteiger partial charge in [0.15, 0.2) is 0 Å². The highest BCUT2D eigenvalue weighted by Crippen LogP contribution is 2.47. The summed E-state index contributed by atoms with van der Waals surface area (Å²) in [5, 5.41) is 4.16. The first-order valence-electron chi connectivity index (χ1n) is 8.15. The smallest absolute Gasteiger partial charge is 0.225 e. The van der Waals surface area contributed by atoms with Crippen LogP contribution < -0.4 is 11.1 Å². The van der Waals surface area contributed by atoms with E-state index in [2.05, 4.69) is 5.32 Å². The van der Waals surface area contributed by atoms with E-state index in [1.807, 2.05) is 31.2 Å². The lowest BCUT2D eigenvalue weighted by Gasteiger charge is -2.26. The van der Waals surface area contributed by atoms with Gasteiger partial charge < -0.3 is 15.5 Å². The molecule has 0 spiro atoms. The van der Waals surface area contributed by atoms with Gasteiger partial charge in [-0.3, -0.25) is 4.79 Å². The molecule has 4 nitrogen and oxygen atoms in total. The first-order chi connectivity index (χ1) is 10.6. The molecule has 5 heteroatoms. The van der Waals surface area contributed by atoms with E-state index in [1.165, 1.54) is 6.42 Å². The zero-order chi connectivity index (χ0) is 15.3. The Bertz CT molecular complexity index is 725. The van der Waals surface area contributed by atoms with Gasteiger partial charge in [0.05, 0.1) is 12.5 Å². The second-order valence-electron chi connectivity index (χ2n) is 6.80. The average Bonchev–Trinajstić information content (AvgIpc) is 3.19. The second kappa shape index (κ2) is 6.17. The van der Waals surface area contributed by atoms with Crippen molar-refractivity contribution in [3.8, 4) is 0 Å². The number of aryl methyl sites for hydroxylation is 1. The van der Waals surface area contributed by atoms with Gasteiger partial charge in [-0.05, 0) is 44.1 Å². The number of amides is 1. The Kier molecular flexibility index (Phi) is 4.39. The predicted octanol–water partition coefficient (Wildman–Crippen LogP) is 3.15. The number of halogens is 1. The summed E-state index contributed by atoms with van der Waals surface area (Å²) in [5.74, 6) is 1.96. The Morgan fingerprint density at radius 1 is 1.30 bits per heavy atom. The molecule has 1 aromatic carbocycles. The van der Waals surface area contributed by atoms with Crippen molar-refractivity contribution in [3.63, 3.8) is 0 Å². The molecule has 4 atom stereocenters. The van der Waals surface area contributed by atoms with E-state index in [0.717, 1.165) is 35.1 Å². The van der Waals surface area contributed by atoms with Crippen LogP contribution >= 0.6 is 12.4 Å². The van der Waals surface area contributed by atoms with Crippen molar-refractivity contribution in [1.29, 1.82) is 0 Å². The van der Waals surface area contributed by atoms with Crippen molar-refractivity contribution in [3.05, 3.63) is 35.6 Å². The largest absolute Gasteiger partial charge is 0.459 e. The van der Waals surface area contributed by atoms with E-state index < -0.39 is 0 Å². The lowest BCUT2D eigenvalue weighted by atomic mass is 9.84. The molecular weight excluding hydrogens is 312 g/mol. The molecule has 1 amide bonds. The first kappa shape index (κ1) is 16.3. The number of nitrogens with one attached hydrogen (secondary N) is 1. The van der Waals surface area contributed by atoms with Crippen molar-refractivity contribution >= 4 is 29.3 Å². The third-order valence-electron chi connectivity index (χ3n) is 5.65. The van der Waals surface area contributed by atoms with E-state index in [-0.39, 0.29) is 30.3 Å². The highest BCUT2D eigenvalue weighted by molar-refractivity contribution is 5.85. The van der Waals surface area contributed by atoms with E-state index in [0.29, 0.717) is 18.4 Å². The van der Waals surface area contributed by atoms with Gasteiger partial charge in [0, 0.05) is 17.0 Å². The summed E-state index contributed by atoms with van der Waals surface area (Å²) in [7, 11) is 0. The molecule has 3 N–H and O–H groups in total. The summed E-state index contributed by atoms with van der Waals surface area (Å²) < 4.78 is 5.85. The number of furan rings is 1. The van der Waals surface area contributed by atoms with Crippen LogP contribution in [0.25, 0.3) is 11.0 Å². The fraction of sp³-hybridized carbons (Fsp3) is 0.500. The van der Waals surface area contributed by atoms with Crippen molar-refractivity contribution in [2.24, 2.45) is 23.5 Å². The number of fused-ring (bicyclic) bond motifs is 3. The predicted molar refractivity (Wildman–Crippen MR) is 92.3 cm³/mol. The number of rotatable bonds is 3. The zero-order valence-corrected chi connectivity index (χ0v) is 14.1. The molecule has 1 heterocycles. The van der Waals surface area contributed by atoms with Crippen LogP contribution in [0.4, 0.5) is 0 Å². The van der Waals surface area contributed by atoms with Gasteiger partial charge in [-0.25, -0.2) is 0 Å². The van der Waals surface area contributed by atoms with Crippen molar-refractivity contribution in [1.82, 2.24) is 5.32 Å². The number of carbonyl (C=O) groups is 1. The summed E-state index contributed by atoms with van der Waals surface area (Å²) >= 11 is 0. The molecule has 1 aromatic heterocycles. The van der Waals surface area contributed by atoms with Crippen LogP contribution in [-0.4, -0.2) is 11.9 Å². The van der Waals surface area contributed by atoms with Crippen LogP contribution in [0.1, 0.15) is 30.6 Å². The van der Waals surface area contributed by atoms with Gasteiger partial charge in [0.1, 0.15) is 11.3 Å². The molecule has 0 aliphatic heterocycles. The third kappa shape index (κ3) is 2.64. The highest BCUT2D eigenvalue weighted by Gasteiger charge is 2.48. The van der Waals surface area contributed by atoms with Crippen LogP contribution in [0.15, 0.2) is 28.7 Å². The van der Waals surface area contributed by atoms with Crippen LogP contribution in [0, 0.1) is 24.7 Å². The van der Waals surface area contributed by atoms with E-state index in [1.54, 1.807) is 0 Å². The Morgan fingerprint density at radius 3 is 2.74 bits per heavy atom. The molecule has 2 aliphatic carbocycles. The number of nitrogens with two attached hydrogens (primary N) is 1. The summed E-state index contributed by atoms with van der Waals surface area (Å²) in [6.07, 6.45) is 3.47. The quantitative estimate of drug-likeness (QED) is 0.906. The van der Waals surface area contributed by atoms with Crippen LogP contribution in [0.5, 0.6) is 0 Å². The van der Waals surface area contributed by atoms with Gasteiger partial charge in [-0.15, -0.1) is 12.4 Å².